The maximum atomic E-state index is 11.7. The molecule has 0 amide bonds. The zero-order valence-electron chi connectivity index (χ0n) is 11.2. The van der Waals surface area contributed by atoms with E-state index in [0.717, 1.165) is 11.3 Å². The first-order chi connectivity index (χ1) is 9.26. The van der Waals surface area contributed by atoms with Gasteiger partial charge in [-0.1, -0.05) is 17.3 Å². The molecule has 1 aromatic carbocycles. The van der Waals surface area contributed by atoms with Crippen molar-refractivity contribution in [2.75, 3.05) is 6.61 Å². The zero-order valence-corrected chi connectivity index (χ0v) is 14.0. The first-order valence-electron chi connectivity index (χ1n) is 5.98. The van der Waals surface area contributed by atoms with Gasteiger partial charge in [0.2, 0.25) is 0 Å². The Bertz CT molecular complexity index is 657. The number of benzene rings is 1. The van der Waals surface area contributed by atoms with Gasteiger partial charge in [0, 0.05) is 39.3 Å². The van der Waals surface area contributed by atoms with E-state index in [9.17, 15) is 4.79 Å². The minimum Gasteiger partial charge on any atom is -0.479 e. The molecule has 0 aliphatic carbocycles. The molecule has 0 spiro atoms. The van der Waals surface area contributed by atoms with Crippen LogP contribution in [0.3, 0.4) is 0 Å². The molecule has 0 N–H and O–H groups in total. The Labute approximate surface area is 142 Å². The number of pyridine rings is 1. The molecule has 0 aliphatic rings. The summed E-state index contributed by atoms with van der Waals surface area (Å²) >= 11 is 0. The first kappa shape index (κ1) is 16.6. The summed E-state index contributed by atoms with van der Waals surface area (Å²) in [5, 5.41) is 8.44. The van der Waals surface area contributed by atoms with E-state index in [4.69, 9.17) is 10.00 Å². The van der Waals surface area contributed by atoms with Crippen molar-refractivity contribution in [3.8, 4) is 23.1 Å². The molecule has 0 aliphatic heterocycles. The normalized spacial score (nSPS) is 9.40. The second-order valence-electron chi connectivity index (χ2n) is 3.88. The predicted molar refractivity (Wildman–Crippen MR) is 71.8 cm³/mol. The summed E-state index contributed by atoms with van der Waals surface area (Å²) in [6.45, 7) is 2.54. The summed E-state index contributed by atoms with van der Waals surface area (Å²) in [5.74, 6) is 0.631. The molecule has 0 fully saturated rings. The summed E-state index contributed by atoms with van der Waals surface area (Å²) in [7, 11) is 0. The number of nitrogens with zero attached hydrogens (tertiary/aromatic N) is 2. The van der Waals surface area contributed by atoms with Gasteiger partial charge in [0.1, 0.15) is 11.8 Å². The van der Waals surface area contributed by atoms with Crippen molar-refractivity contribution in [2.24, 2.45) is 0 Å². The van der Waals surface area contributed by atoms with Gasteiger partial charge < -0.3 is 9.30 Å². The molecule has 2 rings (SSSR count). The zero-order chi connectivity index (χ0) is 13.7. The molecule has 20 heavy (non-hydrogen) atoms. The van der Waals surface area contributed by atoms with Crippen LogP contribution in [0, 0.1) is 17.4 Å². The van der Waals surface area contributed by atoms with E-state index in [0.29, 0.717) is 12.3 Å². The molecule has 0 bridgehead atoms. The molecule has 99 valence electrons. The van der Waals surface area contributed by atoms with Gasteiger partial charge in [0.05, 0.1) is 0 Å². The summed E-state index contributed by atoms with van der Waals surface area (Å²) in [4.78, 5) is 11.7. The second kappa shape index (κ2) is 7.99. The first-order valence-corrected chi connectivity index (χ1v) is 5.98. The Morgan fingerprint density at radius 1 is 1.30 bits per heavy atom. The Morgan fingerprint density at radius 3 is 2.60 bits per heavy atom. The Balaban J connectivity index is 0.00000200. The van der Waals surface area contributed by atoms with Crippen molar-refractivity contribution in [2.45, 2.75) is 13.5 Å². The molecule has 2 aromatic rings. The summed E-state index contributed by atoms with van der Waals surface area (Å²) in [6.07, 6.45) is 0. The van der Waals surface area contributed by atoms with E-state index in [1.54, 1.807) is 22.8 Å². The summed E-state index contributed by atoms with van der Waals surface area (Å²) in [6, 6.07) is 15.4. The maximum absolute atomic E-state index is 11.7. The smallest absolute Gasteiger partial charge is 0.194 e. The fourth-order valence-corrected chi connectivity index (χ4v) is 1.85. The minimum absolute atomic E-state index is 0. The van der Waals surface area contributed by atoms with Crippen molar-refractivity contribution < 1.29 is 37.4 Å². The quantitative estimate of drug-likeness (QED) is 0.801. The molecular formula is C15H13N2O2Y-. The number of aromatic nitrogens is 1. The largest absolute Gasteiger partial charge is 0.479 e. The van der Waals surface area contributed by atoms with Crippen LogP contribution in [-0.4, -0.2) is 11.2 Å². The Hall–Kier alpha value is -1.44. The van der Waals surface area contributed by atoms with Gasteiger partial charge in [0.15, 0.2) is 12.2 Å². The van der Waals surface area contributed by atoms with Crippen LogP contribution in [-0.2, 0) is 39.3 Å². The van der Waals surface area contributed by atoms with Crippen LogP contribution in [0.5, 0.6) is 5.75 Å². The van der Waals surface area contributed by atoms with Gasteiger partial charge in [-0.25, -0.2) is 0 Å². The van der Waals surface area contributed by atoms with Crippen LogP contribution in [0.15, 0.2) is 41.2 Å². The monoisotopic (exact) mass is 342 g/mol. The van der Waals surface area contributed by atoms with Crippen LogP contribution in [0.1, 0.15) is 6.92 Å². The Morgan fingerprint density at radius 2 is 2.00 bits per heavy atom. The number of hydrogen-bond acceptors (Lipinski definition) is 3. The molecule has 1 aromatic heterocycles. The van der Waals surface area contributed by atoms with Crippen LogP contribution in [0.4, 0.5) is 0 Å². The average molecular weight is 342 g/mol. The van der Waals surface area contributed by atoms with Crippen LogP contribution >= 0.6 is 0 Å². The van der Waals surface area contributed by atoms with Gasteiger partial charge in [-0.05, 0) is 19.1 Å². The molecule has 0 saturated heterocycles. The maximum Gasteiger partial charge on any atom is 0.194 e. The number of ether oxygens (including phenoxy) is 1. The van der Waals surface area contributed by atoms with Crippen molar-refractivity contribution in [3.05, 3.63) is 52.8 Å². The van der Waals surface area contributed by atoms with Crippen LogP contribution < -0.4 is 10.3 Å². The third kappa shape index (κ3) is 3.78. The molecule has 1 heterocycles. The minimum atomic E-state index is -0.0407. The van der Waals surface area contributed by atoms with Crippen molar-refractivity contribution in [3.63, 3.8) is 0 Å². The van der Waals surface area contributed by atoms with Crippen molar-refractivity contribution in [1.82, 2.24) is 4.57 Å². The van der Waals surface area contributed by atoms with E-state index < -0.39 is 0 Å². The fraction of sp³-hybridized carbons (Fsp3) is 0.200. The number of rotatable bonds is 4. The van der Waals surface area contributed by atoms with E-state index in [1.807, 2.05) is 25.1 Å². The van der Waals surface area contributed by atoms with E-state index in [2.05, 4.69) is 6.07 Å². The standard InChI is InChI=1S/C15H13N2O2.Y/c1-2-17-14(4-3-5-15(17)18)12-6-8-13(9-7-12)19-11-10-16;/h3,5-9H,2,11H2,1H3;/q-1;. The van der Waals surface area contributed by atoms with Crippen LogP contribution in [0.2, 0.25) is 0 Å². The third-order valence-corrected chi connectivity index (χ3v) is 2.73. The van der Waals surface area contributed by atoms with Crippen LogP contribution in [0.25, 0.3) is 11.3 Å². The molecule has 0 atom stereocenters. The molecular weight excluding hydrogens is 329 g/mol. The third-order valence-electron chi connectivity index (χ3n) is 2.73. The van der Waals surface area contributed by atoms with Gasteiger partial charge in [-0.15, -0.1) is 12.1 Å². The topological polar surface area (TPSA) is 55.0 Å². The van der Waals surface area contributed by atoms with E-state index in [1.165, 1.54) is 6.07 Å². The van der Waals surface area contributed by atoms with Gasteiger partial charge >= 0.3 is 0 Å². The van der Waals surface area contributed by atoms with E-state index >= 15 is 0 Å². The fourth-order valence-electron chi connectivity index (χ4n) is 1.85. The van der Waals surface area contributed by atoms with Gasteiger partial charge in [-0.2, -0.15) is 17.4 Å². The predicted octanol–water partition coefficient (Wildman–Crippen LogP) is 2.24. The average Bonchev–Trinajstić information content (AvgIpc) is 2.45. The molecule has 0 saturated carbocycles. The van der Waals surface area contributed by atoms with E-state index in [-0.39, 0.29) is 44.9 Å². The van der Waals surface area contributed by atoms with Gasteiger partial charge in [-0.3, -0.25) is 4.79 Å². The summed E-state index contributed by atoms with van der Waals surface area (Å²) in [5.41, 5.74) is 1.60. The Kier molecular flexibility index (Phi) is 6.64. The second-order valence-corrected chi connectivity index (χ2v) is 3.88. The SMILES string of the molecule is CCn1c(-c2ccc(OCC#N)cc2)[c-]ccc1=O.[Y]. The number of hydrogen-bond donors (Lipinski definition) is 0. The van der Waals surface area contributed by atoms with Crippen molar-refractivity contribution in [1.29, 1.82) is 5.26 Å². The molecule has 1 radical (unpaired) electrons. The van der Waals surface area contributed by atoms with Crippen molar-refractivity contribution >= 4 is 0 Å². The molecule has 4 nitrogen and oxygen atoms in total. The molecule has 0 unspecified atom stereocenters. The number of nitriles is 1. The summed E-state index contributed by atoms with van der Waals surface area (Å²) < 4.78 is 6.84. The molecule has 5 heteroatoms. The van der Waals surface area contributed by atoms with Gasteiger partial charge in [0.25, 0.3) is 0 Å².